The number of hydrogen-bond acceptors (Lipinski definition) is 1. The molecular formula is C28H36FN. The Bertz CT molecular complexity index is 810. The van der Waals surface area contributed by atoms with Crippen molar-refractivity contribution >= 4 is 0 Å². The molecule has 0 atom stereocenters. The van der Waals surface area contributed by atoms with Gasteiger partial charge in [-0.2, -0.15) is 5.26 Å². The molecule has 0 N–H and O–H groups in total. The molecule has 3 rings (SSSR count). The summed E-state index contributed by atoms with van der Waals surface area (Å²) in [5, 5.41) is 8.84. The lowest BCUT2D eigenvalue weighted by molar-refractivity contribution is 0.302. The van der Waals surface area contributed by atoms with Crippen molar-refractivity contribution in [2.24, 2.45) is 5.92 Å². The van der Waals surface area contributed by atoms with Gasteiger partial charge in [-0.15, -0.1) is 0 Å². The minimum atomic E-state index is -0.415. The number of rotatable bonds is 10. The lowest BCUT2D eigenvalue weighted by Gasteiger charge is -2.29. The summed E-state index contributed by atoms with van der Waals surface area (Å²) in [6, 6.07) is 15.9. The zero-order chi connectivity index (χ0) is 21.2. The van der Waals surface area contributed by atoms with Crippen LogP contribution in [0.25, 0.3) is 0 Å². The van der Waals surface area contributed by atoms with E-state index in [-0.39, 0.29) is 5.56 Å². The van der Waals surface area contributed by atoms with Crippen LogP contribution in [0.2, 0.25) is 0 Å². The third kappa shape index (κ3) is 6.69. The van der Waals surface area contributed by atoms with Gasteiger partial charge < -0.3 is 0 Å². The summed E-state index contributed by atoms with van der Waals surface area (Å²) < 4.78 is 13.8. The smallest absolute Gasteiger partial charge is 0.141 e. The highest BCUT2D eigenvalue weighted by Crippen LogP contribution is 2.37. The first-order valence-electron chi connectivity index (χ1n) is 12.0. The number of benzene rings is 2. The Morgan fingerprint density at radius 2 is 1.53 bits per heavy atom. The van der Waals surface area contributed by atoms with Gasteiger partial charge in [0.15, 0.2) is 0 Å². The summed E-state index contributed by atoms with van der Waals surface area (Å²) in [7, 11) is 0. The van der Waals surface area contributed by atoms with E-state index in [4.69, 9.17) is 5.26 Å². The van der Waals surface area contributed by atoms with Crippen LogP contribution in [0.3, 0.4) is 0 Å². The van der Waals surface area contributed by atoms with Gasteiger partial charge >= 0.3 is 0 Å². The second kappa shape index (κ2) is 11.9. The van der Waals surface area contributed by atoms with E-state index in [1.807, 2.05) is 12.1 Å². The third-order valence-electron chi connectivity index (χ3n) is 6.87. The normalized spacial score (nSPS) is 18.8. The average Bonchev–Trinajstić information content (AvgIpc) is 2.78. The van der Waals surface area contributed by atoms with Gasteiger partial charge in [-0.25, -0.2) is 4.39 Å². The third-order valence-corrected chi connectivity index (χ3v) is 6.87. The van der Waals surface area contributed by atoms with Gasteiger partial charge in [0.1, 0.15) is 11.9 Å². The molecule has 1 aliphatic carbocycles. The molecule has 0 amide bonds. The highest BCUT2D eigenvalue weighted by molar-refractivity contribution is 5.34. The predicted molar refractivity (Wildman–Crippen MR) is 123 cm³/mol. The molecule has 1 saturated carbocycles. The molecule has 2 heteroatoms. The molecule has 1 fully saturated rings. The van der Waals surface area contributed by atoms with Crippen molar-refractivity contribution in [1.82, 2.24) is 0 Å². The molecule has 0 saturated heterocycles. The molecule has 0 radical (unpaired) electrons. The van der Waals surface area contributed by atoms with Gasteiger partial charge in [-0.3, -0.25) is 0 Å². The lowest BCUT2D eigenvalue weighted by Crippen LogP contribution is -2.13. The number of halogens is 1. The number of hydrogen-bond donors (Lipinski definition) is 0. The van der Waals surface area contributed by atoms with Crippen LogP contribution >= 0.6 is 0 Å². The Morgan fingerprint density at radius 1 is 0.867 bits per heavy atom. The molecule has 30 heavy (non-hydrogen) atoms. The van der Waals surface area contributed by atoms with Gasteiger partial charge in [0.25, 0.3) is 0 Å². The fraction of sp³-hybridized carbons (Fsp3) is 0.536. The van der Waals surface area contributed by atoms with Crippen LogP contribution in [-0.4, -0.2) is 0 Å². The van der Waals surface area contributed by atoms with Crippen LogP contribution in [0.5, 0.6) is 0 Å². The maximum absolute atomic E-state index is 13.8. The van der Waals surface area contributed by atoms with E-state index in [0.717, 1.165) is 30.2 Å². The van der Waals surface area contributed by atoms with Crippen LogP contribution in [0.4, 0.5) is 4.39 Å². The van der Waals surface area contributed by atoms with Gasteiger partial charge in [-0.05, 0) is 79.2 Å². The van der Waals surface area contributed by atoms with Gasteiger partial charge in [-0.1, -0.05) is 75.8 Å². The first kappa shape index (κ1) is 22.5. The van der Waals surface area contributed by atoms with E-state index in [1.165, 1.54) is 81.4 Å². The van der Waals surface area contributed by atoms with E-state index in [9.17, 15) is 4.39 Å². The monoisotopic (exact) mass is 405 g/mol. The Labute approximate surface area is 182 Å². The summed E-state index contributed by atoms with van der Waals surface area (Å²) in [5.74, 6) is 1.26. The second-order valence-electron chi connectivity index (χ2n) is 9.09. The Kier molecular flexibility index (Phi) is 8.94. The van der Waals surface area contributed by atoms with Crippen molar-refractivity contribution in [2.45, 2.75) is 89.9 Å². The van der Waals surface area contributed by atoms with E-state index >= 15 is 0 Å². The van der Waals surface area contributed by atoms with Crippen molar-refractivity contribution in [3.05, 3.63) is 70.5 Å². The van der Waals surface area contributed by atoms with Crippen molar-refractivity contribution in [2.75, 3.05) is 0 Å². The van der Waals surface area contributed by atoms with Crippen molar-refractivity contribution < 1.29 is 4.39 Å². The average molecular weight is 406 g/mol. The van der Waals surface area contributed by atoms with Crippen LogP contribution in [-0.2, 0) is 12.8 Å². The number of unbranched alkanes of at least 4 members (excludes halogenated alkanes) is 4. The van der Waals surface area contributed by atoms with Crippen molar-refractivity contribution in [3.63, 3.8) is 0 Å². The second-order valence-corrected chi connectivity index (χ2v) is 9.09. The van der Waals surface area contributed by atoms with E-state index < -0.39 is 5.82 Å². The maximum Gasteiger partial charge on any atom is 0.141 e. The Balaban J connectivity index is 1.41. The predicted octanol–water partition coefficient (Wildman–Crippen LogP) is 8.12. The topological polar surface area (TPSA) is 23.8 Å². The summed E-state index contributed by atoms with van der Waals surface area (Å²) in [5.41, 5.74) is 3.85. The van der Waals surface area contributed by atoms with Crippen LogP contribution in [0.15, 0.2) is 42.5 Å². The minimum Gasteiger partial charge on any atom is -0.206 e. The highest BCUT2D eigenvalue weighted by Gasteiger charge is 2.22. The molecule has 0 unspecified atom stereocenters. The van der Waals surface area contributed by atoms with E-state index in [1.54, 1.807) is 6.07 Å². The zero-order valence-electron chi connectivity index (χ0n) is 18.5. The first-order valence-corrected chi connectivity index (χ1v) is 12.0. The Morgan fingerprint density at radius 3 is 2.20 bits per heavy atom. The molecule has 2 aromatic rings. The summed E-state index contributed by atoms with van der Waals surface area (Å²) in [6.45, 7) is 2.28. The molecule has 0 aromatic heterocycles. The number of nitrogens with zero attached hydrogens (tertiary/aromatic N) is 1. The number of aryl methyl sites for hydroxylation is 2. The summed E-state index contributed by atoms with van der Waals surface area (Å²) in [4.78, 5) is 0. The van der Waals surface area contributed by atoms with E-state index in [0.29, 0.717) is 0 Å². The molecular weight excluding hydrogens is 369 g/mol. The van der Waals surface area contributed by atoms with Crippen molar-refractivity contribution in [3.8, 4) is 6.07 Å². The largest absolute Gasteiger partial charge is 0.206 e. The van der Waals surface area contributed by atoms with Crippen LogP contribution in [0.1, 0.15) is 99.3 Å². The molecule has 0 spiro atoms. The van der Waals surface area contributed by atoms with Gasteiger partial charge in [0.2, 0.25) is 0 Å². The maximum atomic E-state index is 13.8. The zero-order valence-corrected chi connectivity index (χ0v) is 18.5. The standard InChI is InChI=1S/C28H36FN/c1-2-3-4-5-6-7-22-10-15-25(16-11-22)26-17-12-23(13-18-26)8-9-24-14-19-27(21-30)28(29)20-24/h12-14,17-20,22,25H,2-11,15-16H2,1H3/t22-,25-. The summed E-state index contributed by atoms with van der Waals surface area (Å²) in [6.07, 6.45) is 15.6. The van der Waals surface area contributed by atoms with Crippen molar-refractivity contribution in [1.29, 1.82) is 5.26 Å². The quantitative estimate of drug-likeness (QED) is 0.366. The molecule has 0 aliphatic heterocycles. The summed E-state index contributed by atoms with van der Waals surface area (Å²) >= 11 is 0. The molecule has 1 aliphatic rings. The molecule has 2 aromatic carbocycles. The lowest BCUT2D eigenvalue weighted by atomic mass is 9.77. The Hall–Kier alpha value is -2.14. The van der Waals surface area contributed by atoms with Gasteiger partial charge in [0.05, 0.1) is 5.56 Å². The molecule has 0 heterocycles. The molecule has 160 valence electrons. The first-order chi connectivity index (χ1) is 14.7. The van der Waals surface area contributed by atoms with E-state index in [2.05, 4.69) is 31.2 Å². The van der Waals surface area contributed by atoms with Crippen LogP contribution < -0.4 is 0 Å². The fourth-order valence-corrected chi connectivity index (χ4v) is 4.87. The number of nitriles is 1. The minimum absolute atomic E-state index is 0.120. The highest BCUT2D eigenvalue weighted by atomic mass is 19.1. The van der Waals surface area contributed by atoms with Crippen LogP contribution in [0, 0.1) is 23.1 Å². The SMILES string of the molecule is CCCCCCC[C@H]1CC[C@H](c2ccc(CCc3ccc(C#N)c(F)c3)cc2)CC1. The molecule has 0 bridgehead atoms. The fourth-order valence-electron chi connectivity index (χ4n) is 4.87. The van der Waals surface area contributed by atoms with Gasteiger partial charge in [0, 0.05) is 0 Å². The molecule has 1 nitrogen and oxygen atoms in total.